The molecule has 0 radical (unpaired) electrons. The summed E-state index contributed by atoms with van der Waals surface area (Å²) in [6.45, 7) is 4.44. The van der Waals surface area contributed by atoms with Gasteiger partial charge in [0.05, 0.1) is 11.1 Å². The van der Waals surface area contributed by atoms with Crippen LogP contribution in [0.3, 0.4) is 0 Å². The zero-order chi connectivity index (χ0) is 20.1. The van der Waals surface area contributed by atoms with Gasteiger partial charge in [0, 0.05) is 24.3 Å². The third-order valence-electron chi connectivity index (χ3n) is 4.17. The summed E-state index contributed by atoms with van der Waals surface area (Å²) in [4.78, 5) is 25.6. The number of amides is 2. The molecule has 0 aliphatic carbocycles. The minimum Gasteiger partial charge on any atom is -0.489 e. The van der Waals surface area contributed by atoms with Crippen LogP contribution in [-0.4, -0.2) is 31.1 Å². The van der Waals surface area contributed by atoms with Crippen LogP contribution in [0.15, 0.2) is 42.5 Å². The molecule has 1 heterocycles. The van der Waals surface area contributed by atoms with E-state index in [0.717, 1.165) is 18.7 Å². The van der Waals surface area contributed by atoms with Crippen LogP contribution in [0, 0.1) is 0 Å². The van der Waals surface area contributed by atoms with Crippen molar-refractivity contribution < 1.29 is 19.1 Å². The monoisotopic (exact) mass is 402 g/mol. The number of nitrogens with one attached hydrogen (secondary N) is 1. The molecular formula is C21H23ClN2O4. The molecule has 1 saturated heterocycles. The smallest absolute Gasteiger partial charge is 0.262 e. The maximum absolute atomic E-state index is 12.1. The quantitative estimate of drug-likeness (QED) is 0.750. The highest BCUT2D eigenvalue weighted by Gasteiger charge is 2.21. The highest BCUT2D eigenvalue weighted by atomic mass is 35.5. The highest BCUT2D eigenvalue weighted by Crippen LogP contribution is 2.28. The molecule has 0 spiro atoms. The van der Waals surface area contributed by atoms with Gasteiger partial charge >= 0.3 is 0 Å². The third-order valence-corrected chi connectivity index (χ3v) is 4.47. The minimum atomic E-state index is -0.299. The number of halogens is 1. The van der Waals surface area contributed by atoms with Crippen molar-refractivity contribution in [2.45, 2.75) is 32.8 Å². The molecule has 2 aromatic rings. The van der Waals surface area contributed by atoms with Crippen LogP contribution >= 0.6 is 11.6 Å². The van der Waals surface area contributed by atoms with E-state index in [9.17, 15) is 9.59 Å². The van der Waals surface area contributed by atoms with Gasteiger partial charge in [-0.05, 0) is 62.7 Å². The number of nitrogens with zero attached hydrogens (tertiary/aromatic N) is 1. The fourth-order valence-corrected chi connectivity index (χ4v) is 3.14. The molecule has 1 aliphatic heterocycles. The van der Waals surface area contributed by atoms with Crippen LogP contribution in [0.5, 0.6) is 11.5 Å². The predicted molar refractivity (Wildman–Crippen MR) is 109 cm³/mol. The van der Waals surface area contributed by atoms with E-state index in [1.807, 2.05) is 26.0 Å². The largest absolute Gasteiger partial charge is 0.489 e. The number of anilines is 2. The molecule has 0 bridgehead atoms. The summed E-state index contributed by atoms with van der Waals surface area (Å²) in [5, 5.41) is 3.17. The molecule has 6 nitrogen and oxygen atoms in total. The number of carbonyl (C=O) groups excluding carboxylic acids is 2. The van der Waals surface area contributed by atoms with Crippen LogP contribution in [0.2, 0.25) is 5.02 Å². The van der Waals surface area contributed by atoms with E-state index in [-0.39, 0.29) is 24.5 Å². The minimum absolute atomic E-state index is 0.0151. The van der Waals surface area contributed by atoms with E-state index in [4.69, 9.17) is 21.1 Å². The number of benzene rings is 2. The fraction of sp³-hybridized carbons (Fsp3) is 0.333. The summed E-state index contributed by atoms with van der Waals surface area (Å²) in [6.07, 6.45) is 1.49. The van der Waals surface area contributed by atoms with Crippen molar-refractivity contribution in [1.82, 2.24) is 0 Å². The fourth-order valence-electron chi connectivity index (χ4n) is 2.92. The Bertz CT molecular complexity index is 852. The highest BCUT2D eigenvalue weighted by molar-refractivity contribution is 6.32. The Hall–Kier alpha value is -2.73. The first-order chi connectivity index (χ1) is 13.4. The first-order valence-corrected chi connectivity index (χ1v) is 9.59. The van der Waals surface area contributed by atoms with Gasteiger partial charge in [0.25, 0.3) is 5.91 Å². The molecule has 2 aromatic carbocycles. The number of rotatable bonds is 7. The molecule has 1 aliphatic rings. The average Bonchev–Trinajstić information content (AvgIpc) is 3.08. The first-order valence-electron chi connectivity index (χ1n) is 9.21. The third kappa shape index (κ3) is 5.16. The lowest BCUT2D eigenvalue weighted by Gasteiger charge is -2.16. The van der Waals surface area contributed by atoms with Crippen molar-refractivity contribution in [1.29, 1.82) is 0 Å². The second kappa shape index (κ2) is 8.97. The Morgan fingerprint density at radius 3 is 2.57 bits per heavy atom. The van der Waals surface area contributed by atoms with Gasteiger partial charge in [-0.1, -0.05) is 11.6 Å². The van der Waals surface area contributed by atoms with E-state index in [1.165, 1.54) is 0 Å². The van der Waals surface area contributed by atoms with Gasteiger partial charge in [-0.2, -0.15) is 0 Å². The molecule has 0 saturated carbocycles. The second-order valence-corrected chi connectivity index (χ2v) is 7.20. The molecular weight excluding hydrogens is 380 g/mol. The number of ether oxygens (including phenoxy) is 2. The lowest BCUT2D eigenvalue weighted by Crippen LogP contribution is -2.23. The van der Waals surface area contributed by atoms with Crippen molar-refractivity contribution in [3.05, 3.63) is 47.5 Å². The number of hydrogen-bond donors (Lipinski definition) is 1. The predicted octanol–water partition coefficient (Wildman–Crippen LogP) is 4.27. The number of carbonyl (C=O) groups is 2. The van der Waals surface area contributed by atoms with Crippen LogP contribution in [0.1, 0.15) is 26.7 Å². The molecule has 3 rings (SSSR count). The standard InChI is InChI=1S/C21H23ClN2O4/c1-14(2)28-19-10-5-15(12-18(19)22)23-20(25)13-27-17-8-6-16(7-9-17)24-11-3-4-21(24)26/h5-10,12,14H,3-4,11,13H2,1-2H3,(H,23,25). The molecule has 1 fully saturated rings. The van der Waals surface area contributed by atoms with Gasteiger partial charge in [-0.15, -0.1) is 0 Å². The van der Waals surface area contributed by atoms with Gasteiger partial charge < -0.3 is 19.7 Å². The molecule has 0 atom stereocenters. The molecule has 7 heteroatoms. The van der Waals surface area contributed by atoms with E-state index in [2.05, 4.69) is 5.32 Å². The molecule has 28 heavy (non-hydrogen) atoms. The van der Waals surface area contributed by atoms with Crippen molar-refractivity contribution in [2.75, 3.05) is 23.4 Å². The second-order valence-electron chi connectivity index (χ2n) is 6.79. The van der Waals surface area contributed by atoms with Crippen LogP contribution < -0.4 is 19.7 Å². The summed E-state index contributed by atoms with van der Waals surface area (Å²) in [5.41, 5.74) is 1.41. The van der Waals surface area contributed by atoms with Gasteiger partial charge in [-0.3, -0.25) is 9.59 Å². The summed E-state index contributed by atoms with van der Waals surface area (Å²) in [7, 11) is 0. The van der Waals surface area contributed by atoms with Crippen molar-refractivity contribution in [2.24, 2.45) is 0 Å². The lowest BCUT2D eigenvalue weighted by molar-refractivity contribution is -0.118. The van der Waals surface area contributed by atoms with E-state index in [0.29, 0.717) is 28.6 Å². The topological polar surface area (TPSA) is 67.9 Å². The molecule has 148 valence electrons. The Kier molecular flexibility index (Phi) is 6.41. The normalized spacial score (nSPS) is 13.7. The summed E-state index contributed by atoms with van der Waals surface area (Å²) >= 11 is 6.17. The van der Waals surface area contributed by atoms with Gasteiger partial charge in [-0.25, -0.2) is 0 Å². The Morgan fingerprint density at radius 1 is 1.21 bits per heavy atom. The lowest BCUT2D eigenvalue weighted by atomic mass is 10.3. The van der Waals surface area contributed by atoms with Crippen LogP contribution in [0.4, 0.5) is 11.4 Å². The van der Waals surface area contributed by atoms with Crippen LogP contribution in [-0.2, 0) is 9.59 Å². The van der Waals surface area contributed by atoms with Crippen LogP contribution in [0.25, 0.3) is 0 Å². The zero-order valence-electron chi connectivity index (χ0n) is 15.9. The van der Waals surface area contributed by atoms with Crippen molar-refractivity contribution in [3.8, 4) is 11.5 Å². The Morgan fingerprint density at radius 2 is 1.96 bits per heavy atom. The van der Waals surface area contributed by atoms with E-state index in [1.54, 1.807) is 35.2 Å². The Balaban J connectivity index is 1.51. The summed E-state index contributed by atoms with van der Waals surface area (Å²) in [6, 6.07) is 12.2. The first kappa shape index (κ1) is 20.0. The maximum Gasteiger partial charge on any atom is 0.262 e. The Labute approximate surface area is 169 Å². The molecule has 1 N–H and O–H groups in total. The van der Waals surface area contributed by atoms with E-state index >= 15 is 0 Å². The zero-order valence-corrected chi connectivity index (χ0v) is 16.7. The van der Waals surface area contributed by atoms with Gasteiger partial charge in [0.1, 0.15) is 11.5 Å². The SMILES string of the molecule is CC(C)Oc1ccc(NC(=O)COc2ccc(N3CCCC3=O)cc2)cc1Cl. The number of hydrogen-bond acceptors (Lipinski definition) is 4. The van der Waals surface area contributed by atoms with Gasteiger partial charge in [0.15, 0.2) is 6.61 Å². The molecule has 0 aromatic heterocycles. The maximum atomic E-state index is 12.1. The molecule has 0 unspecified atom stereocenters. The summed E-state index contributed by atoms with van der Waals surface area (Å²) < 4.78 is 11.1. The summed E-state index contributed by atoms with van der Waals surface area (Å²) in [5.74, 6) is 0.968. The molecule has 2 amide bonds. The van der Waals surface area contributed by atoms with Gasteiger partial charge in [0.2, 0.25) is 5.91 Å². The van der Waals surface area contributed by atoms with Crippen molar-refractivity contribution >= 4 is 34.8 Å². The van der Waals surface area contributed by atoms with Crippen molar-refractivity contribution in [3.63, 3.8) is 0 Å². The average molecular weight is 403 g/mol. The van der Waals surface area contributed by atoms with E-state index < -0.39 is 0 Å².